The van der Waals surface area contributed by atoms with Crippen molar-refractivity contribution in [1.82, 2.24) is 10.2 Å². The van der Waals surface area contributed by atoms with E-state index in [-0.39, 0.29) is 17.9 Å². The second-order valence-corrected chi connectivity index (χ2v) is 5.25. The summed E-state index contributed by atoms with van der Waals surface area (Å²) in [6.45, 7) is 3.74. The third-order valence-corrected chi connectivity index (χ3v) is 3.88. The normalized spacial score (nSPS) is 15.9. The Balaban J connectivity index is 1.82. The molecule has 0 saturated carbocycles. The van der Waals surface area contributed by atoms with Crippen molar-refractivity contribution < 1.29 is 9.59 Å². The number of nitrogens with one attached hydrogen (secondary N) is 1. The van der Waals surface area contributed by atoms with Crippen LogP contribution < -0.4 is 11.1 Å². The van der Waals surface area contributed by atoms with Gasteiger partial charge in [0.15, 0.2) is 0 Å². The summed E-state index contributed by atoms with van der Waals surface area (Å²) in [6.07, 6.45) is 1.32. The van der Waals surface area contributed by atoms with E-state index in [1.807, 2.05) is 31.2 Å². The molecule has 0 aliphatic carbocycles. The number of rotatable bonds is 3. The minimum atomic E-state index is -0.259. The van der Waals surface area contributed by atoms with E-state index in [1.54, 1.807) is 4.90 Å². The van der Waals surface area contributed by atoms with Crippen molar-refractivity contribution in [3.05, 3.63) is 35.4 Å². The summed E-state index contributed by atoms with van der Waals surface area (Å²) < 4.78 is 0. The smallest absolute Gasteiger partial charge is 0.317 e. The summed E-state index contributed by atoms with van der Waals surface area (Å²) in [5.41, 5.74) is 7.57. The zero-order valence-electron chi connectivity index (χ0n) is 11.8. The van der Waals surface area contributed by atoms with E-state index >= 15 is 0 Å². The molecule has 1 aliphatic rings. The van der Waals surface area contributed by atoms with Crippen LogP contribution in [0, 0.1) is 12.8 Å². The molecule has 1 aliphatic heterocycles. The number of carbonyl (C=O) groups excluding carboxylic acids is 2. The van der Waals surface area contributed by atoms with Crippen molar-refractivity contribution in [1.29, 1.82) is 0 Å². The lowest BCUT2D eigenvalue weighted by atomic mass is 9.96. The molecule has 5 heteroatoms. The van der Waals surface area contributed by atoms with E-state index in [4.69, 9.17) is 5.73 Å². The van der Waals surface area contributed by atoms with Crippen molar-refractivity contribution in [3.63, 3.8) is 0 Å². The van der Waals surface area contributed by atoms with Gasteiger partial charge in [-0.15, -0.1) is 0 Å². The number of nitrogens with two attached hydrogens (primary N) is 1. The molecule has 0 spiro atoms. The Morgan fingerprint density at radius 2 is 1.95 bits per heavy atom. The number of hydrogen-bond donors (Lipinski definition) is 2. The maximum atomic E-state index is 12.1. The van der Waals surface area contributed by atoms with Crippen molar-refractivity contribution in [2.24, 2.45) is 11.7 Å². The molecule has 0 bridgehead atoms. The van der Waals surface area contributed by atoms with E-state index in [1.165, 1.54) is 5.56 Å². The molecule has 1 aromatic rings. The lowest BCUT2D eigenvalue weighted by Crippen LogP contribution is -2.46. The molecular formula is C15H21N3O2. The quantitative estimate of drug-likeness (QED) is 0.875. The molecule has 0 atom stereocenters. The largest absolute Gasteiger partial charge is 0.369 e. The number of carbonyl (C=O) groups is 2. The van der Waals surface area contributed by atoms with Crippen LogP contribution in [-0.2, 0) is 11.3 Å². The van der Waals surface area contributed by atoms with E-state index in [9.17, 15) is 9.59 Å². The molecule has 3 N–H and O–H groups in total. The van der Waals surface area contributed by atoms with Gasteiger partial charge in [0.2, 0.25) is 5.91 Å². The molecule has 3 amide bonds. The predicted molar refractivity (Wildman–Crippen MR) is 76.9 cm³/mol. The maximum Gasteiger partial charge on any atom is 0.317 e. The van der Waals surface area contributed by atoms with Crippen LogP contribution >= 0.6 is 0 Å². The van der Waals surface area contributed by atoms with Gasteiger partial charge in [-0.3, -0.25) is 4.79 Å². The molecular weight excluding hydrogens is 254 g/mol. The van der Waals surface area contributed by atoms with Crippen molar-refractivity contribution in [3.8, 4) is 0 Å². The van der Waals surface area contributed by atoms with E-state index in [2.05, 4.69) is 5.32 Å². The van der Waals surface area contributed by atoms with Crippen LogP contribution in [0.5, 0.6) is 0 Å². The molecule has 2 rings (SSSR count). The molecule has 0 unspecified atom stereocenters. The lowest BCUT2D eigenvalue weighted by Gasteiger charge is -2.30. The number of amides is 3. The zero-order chi connectivity index (χ0) is 14.5. The van der Waals surface area contributed by atoms with Gasteiger partial charge >= 0.3 is 6.03 Å². The van der Waals surface area contributed by atoms with Crippen LogP contribution in [0.1, 0.15) is 24.0 Å². The molecule has 0 radical (unpaired) electrons. The van der Waals surface area contributed by atoms with Gasteiger partial charge in [-0.1, -0.05) is 24.3 Å². The second kappa shape index (κ2) is 6.41. The van der Waals surface area contributed by atoms with E-state index in [0.29, 0.717) is 32.5 Å². The highest BCUT2D eigenvalue weighted by Crippen LogP contribution is 2.16. The number of primary amides is 1. The molecule has 0 aromatic heterocycles. The summed E-state index contributed by atoms with van der Waals surface area (Å²) in [6, 6.07) is 7.91. The molecule has 1 heterocycles. The summed E-state index contributed by atoms with van der Waals surface area (Å²) in [5.74, 6) is -0.347. The Morgan fingerprint density at radius 1 is 1.30 bits per heavy atom. The number of nitrogens with zero attached hydrogens (tertiary/aromatic N) is 1. The second-order valence-electron chi connectivity index (χ2n) is 5.25. The standard InChI is InChI=1S/C15H21N3O2/c1-11-4-2-3-5-13(11)10-17-15(20)18-8-6-12(7-9-18)14(16)19/h2-5,12H,6-10H2,1H3,(H2,16,19)(H,17,20). The third-order valence-electron chi connectivity index (χ3n) is 3.88. The van der Waals surface area contributed by atoms with Crippen LogP contribution in [-0.4, -0.2) is 29.9 Å². The fraction of sp³-hybridized carbons (Fsp3) is 0.467. The average molecular weight is 275 g/mol. The van der Waals surface area contributed by atoms with Gasteiger partial charge in [-0.25, -0.2) is 4.79 Å². The SMILES string of the molecule is Cc1ccccc1CNC(=O)N1CCC(C(N)=O)CC1. The highest BCUT2D eigenvalue weighted by atomic mass is 16.2. The molecule has 20 heavy (non-hydrogen) atoms. The van der Waals surface area contributed by atoms with Crippen LogP contribution in [0.15, 0.2) is 24.3 Å². The Kier molecular flexibility index (Phi) is 4.61. The first kappa shape index (κ1) is 14.4. The number of benzene rings is 1. The average Bonchev–Trinajstić information content (AvgIpc) is 2.46. The first-order valence-electron chi connectivity index (χ1n) is 6.94. The number of hydrogen-bond acceptors (Lipinski definition) is 2. The maximum absolute atomic E-state index is 12.1. The molecule has 1 saturated heterocycles. The van der Waals surface area contributed by atoms with Crippen molar-refractivity contribution in [2.45, 2.75) is 26.3 Å². The van der Waals surface area contributed by atoms with Gasteiger partial charge < -0.3 is 16.0 Å². The predicted octanol–water partition coefficient (Wildman–Crippen LogP) is 1.40. The van der Waals surface area contributed by atoms with Gasteiger partial charge in [-0.2, -0.15) is 0 Å². The monoisotopic (exact) mass is 275 g/mol. The van der Waals surface area contributed by atoms with Crippen LogP contribution in [0.3, 0.4) is 0 Å². The Bertz CT molecular complexity index is 494. The molecule has 1 fully saturated rings. The molecule has 108 valence electrons. The number of likely N-dealkylation sites (tertiary alicyclic amines) is 1. The van der Waals surface area contributed by atoms with Crippen LogP contribution in [0.2, 0.25) is 0 Å². The number of piperidine rings is 1. The third kappa shape index (κ3) is 3.50. The van der Waals surface area contributed by atoms with Crippen LogP contribution in [0.4, 0.5) is 4.79 Å². The zero-order valence-corrected chi connectivity index (χ0v) is 11.8. The number of urea groups is 1. The van der Waals surface area contributed by atoms with Crippen LogP contribution in [0.25, 0.3) is 0 Å². The van der Waals surface area contributed by atoms with Crippen molar-refractivity contribution in [2.75, 3.05) is 13.1 Å². The van der Waals surface area contributed by atoms with Gasteiger partial charge in [0, 0.05) is 25.6 Å². The van der Waals surface area contributed by atoms with Gasteiger partial charge in [0.1, 0.15) is 0 Å². The fourth-order valence-electron chi connectivity index (χ4n) is 2.46. The minimum absolute atomic E-state index is 0.0730. The van der Waals surface area contributed by atoms with Gasteiger partial charge in [-0.05, 0) is 30.9 Å². The summed E-state index contributed by atoms with van der Waals surface area (Å²) in [5, 5.41) is 2.92. The number of aryl methyl sites for hydroxylation is 1. The Hall–Kier alpha value is -2.04. The molecule has 1 aromatic carbocycles. The first-order valence-corrected chi connectivity index (χ1v) is 6.94. The fourth-order valence-corrected chi connectivity index (χ4v) is 2.46. The van der Waals surface area contributed by atoms with E-state index < -0.39 is 0 Å². The topological polar surface area (TPSA) is 75.4 Å². The Labute approximate surface area is 119 Å². The summed E-state index contributed by atoms with van der Waals surface area (Å²) >= 11 is 0. The first-order chi connectivity index (χ1) is 9.58. The highest BCUT2D eigenvalue weighted by Gasteiger charge is 2.25. The van der Waals surface area contributed by atoms with Gasteiger partial charge in [0.05, 0.1) is 0 Å². The van der Waals surface area contributed by atoms with E-state index in [0.717, 1.165) is 5.56 Å². The lowest BCUT2D eigenvalue weighted by molar-refractivity contribution is -0.123. The van der Waals surface area contributed by atoms with Crippen molar-refractivity contribution >= 4 is 11.9 Å². The Morgan fingerprint density at radius 3 is 2.55 bits per heavy atom. The van der Waals surface area contributed by atoms with Gasteiger partial charge in [0.25, 0.3) is 0 Å². The molecule has 5 nitrogen and oxygen atoms in total. The highest BCUT2D eigenvalue weighted by molar-refractivity contribution is 5.78. The summed E-state index contributed by atoms with van der Waals surface area (Å²) in [7, 11) is 0. The summed E-state index contributed by atoms with van der Waals surface area (Å²) in [4.78, 5) is 24.9. The minimum Gasteiger partial charge on any atom is -0.369 e.